The van der Waals surface area contributed by atoms with Crippen LogP contribution in [0.3, 0.4) is 0 Å². The molecule has 1 aliphatic carbocycles. The number of nitrogens with one attached hydrogen (secondary N) is 1. The Morgan fingerprint density at radius 2 is 2.00 bits per heavy atom. The fourth-order valence-corrected chi connectivity index (χ4v) is 3.46. The zero-order valence-electron chi connectivity index (χ0n) is 14.2. The highest BCUT2D eigenvalue weighted by atomic mass is 16.5. The topological polar surface area (TPSA) is 54.5 Å². The molecule has 0 unspecified atom stereocenters. The molecule has 0 radical (unpaired) electrons. The number of carbonyl (C=O) groups excluding carboxylic acids is 1. The molecule has 1 aromatic heterocycles. The van der Waals surface area contributed by atoms with E-state index in [9.17, 15) is 4.79 Å². The summed E-state index contributed by atoms with van der Waals surface area (Å²) in [6.07, 6.45) is 2.86. The molecule has 0 spiro atoms. The third-order valence-corrected chi connectivity index (χ3v) is 5.03. The molecule has 1 amide bonds. The van der Waals surface area contributed by atoms with Gasteiger partial charge in [-0.25, -0.2) is 0 Å². The van der Waals surface area contributed by atoms with Crippen LogP contribution in [0.25, 0.3) is 0 Å². The van der Waals surface area contributed by atoms with E-state index >= 15 is 0 Å². The molecule has 130 valence electrons. The van der Waals surface area contributed by atoms with Crippen LogP contribution in [0, 0.1) is 5.92 Å². The van der Waals surface area contributed by atoms with Gasteiger partial charge in [0.15, 0.2) is 0 Å². The lowest BCUT2D eigenvalue weighted by atomic mass is 10.1. The Balaban J connectivity index is 1.33. The van der Waals surface area contributed by atoms with E-state index in [1.807, 2.05) is 18.2 Å². The van der Waals surface area contributed by atoms with Crippen molar-refractivity contribution >= 4 is 11.6 Å². The van der Waals surface area contributed by atoms with Crippen molar-refractivity contribution in [3.63, 3.8) is 0 Å². The largest absolute Gasteiger partial charge is 0.378 e. The molecule has 1 aliphatic heterocycles. The second kappa shape index (κ2) is 7.23. The maximum absolute atomic E-state index is 12.4. The van der Waals surface area contributed by atoms with Gasteiger partial charge in [-0.3, -0.25) is 9.78 Å². The molecule has 2 aliphatic rings. The first kappa shape index (κ1) is 16.1. The van der Waals surface area contributed by atoms with Gasteiger partial charge in [0.05, 0.1) is 13.2 Å². The minimum Gasteiger partial charge on any atom is -0.378 e. The van der Waals surface area contributed by atoms with Crippen LogP contribution < -0.4 is 10.2 Å². The minimum atomic E-state index is -0.0891. The molecule has 5 nitrogen and oxygen atoms in total. The number of carbonyl (C=O) groups is 1. The summed E-state index contributed by atoms with van der Waals surface area (Å²) in [5.74, 6) is 1.02. The minimum absolute atomic E-state index is 0.0891. The number of pyridine rings is 1. The summed E-state index contributed by atoms with van der Waals surface area (Å²) in [5, 5.41) is 3.05. The molecule has 1 saturated heterocycles. The summed E-state index contributed by atoms with van der Waals surface area (Å²) in [5.41, 5.74) is 2.90. The van der Waals surface area contributed by atoms with Crippen LogP contribution in [-0.4, -0.2) is 43.7 Å². The Morgan fingerprint density at radius 1 is 1.20 bits per heavy atom. The molecule has 2 fully saturated rings. The van der Waals surface area contributed by atoms with Crippen molar-refractivity contribution in [1.29, 1.82) is 0 Å². The zero-order chi connectivity index (χ0) is 17.1. The number of hydrogen-bond donors (Lipinski definition) is 1. The smallest absolute Gasteiger partial charge is 0.269 e. The van der Waals surface area contributed by atoms with Gasteiger partial charge < -0.3 is 15.0 Å². The summed E-state index contributed by atoms with van der Waals surface area (Å²) >= 11 is 0. The standard InChI is InChI=1S/C20H23N3O2/c24-20(22-14-16-12-18(16)15-4-2-1-3-5-15)19-13-17(6-7-21-19)23-8-10-25-11-9-23/h1-7,13,16,18H,8-12,14H2,(H,22,24)/t16-,18-/m1/s1. The predicted octanol–water partition coefficient (Wildman–Crippen LogP) is 2.45. The summed E-state index contributed by atoms with van der Waals surface area (Å²) in [6, 6.07) is 14.3. The summed E-state index contributed by atoms with van der Waals surface area (Å²) < 4.78 is 5.38. The van der Waals surface area contributed by atoms with Crippen LogP contribution in [-0.2, 0) is 4.74 Å². The summed E-state index contributed by atoms with van der Waals surface area (Å²) in [7, 11) is 0. The molecule has 1 N–H and O–H groups in total. The lowest BCUT2D eigenvalue weighted by Crippen LogP contribution is -2.36. The lowest BCUT2D eigenvalue weighted by Gasteiger charge is -2.28. The van der Waals surface area contributed by atoms with Crippen molar-refractivity contribution in [2.75, 3.05) is 37.7 Å². The van der Waals surface area contributed by atoms with Crippen LogP contribution >= 0.6 is 0 Å². The molecule has 1 saturated carbocycles. The van der Waals surface area contributed by atoms with Crippen molar-refractivity contribution < 1.29 is 9.53 Å². The van der Waals surface area contributed by atoms with Gasteiger partial charge in [0.25, 0.3) is 5.91 Å². The second-order valence-electron chi connectivity index (χ2n) is 6.72. The van der Waals surface area contributed by atoms with Gasteiger partial charge in [-0.15, -0.1) is 0 Å². The summed E-state index contributed by atoms with van der Waals surface area (Å²) in [6.45, 7) is 3.87. The number of hydrogen-bond acceptors (Lipinski definition) is 4. The molecule has 1 aromatic carbocycles. The SMILES string of the molecule is O=C(NC[C@H]1C[C@@H]1c1ccccc1)c1cc(N2CCOCC2)ccn1. The van der Waals surface area contributed by atoms with Gasteiger partial charge in [-0.05, 0) is 36.0 Å². The van der Waals surface area contributed by atoms with Crippen molar-refractivity contribution in [2.24, 2.45) is 5.92 Å². The highest BCUT2D eigenvalue weighted by Crippen LogP contribution is 2.46. The van der Waals surface area contributed by atoms with Gasteiger partial charge in [-0.2, -0.15) is 0 Å². The van der Waals surface area contributed by atoms with Crippen molar-refractivity contribution in [3.8, 4) is 0 Å². The lowest BCUT2D eigenvalue weighted by molar-refractivity contribution is 0.0946. The highest BCUT2D eigenvalue weighted by molar-refractivity contribution is 5.93. The normalized spacial score (nSPS) is 22.5. The van der Waals surface area contributed by atoms with Crippen molar-refractivity contribution in [1.82, 2.24) is 10.3 Å². The molecule has 2 aromatic rings. The van der Waals surface area contributed by atoms with E-state index in [1.54, 1.807) is 6.20 Å². The van der Waals surface area contributed by atoms with Gasteiger partial charge in [0.2, 0.25) is 0 Å². The molecule has 0 bridgehead atoms. The van der Waals surface area contributed by atoms with Gasteiger partial charge in [-0.1, -0.05) is 30.3 Å². The van der Waals surface area contributed by atoms with E-state index in [-0.39, 0.29) is 5.91 Å². The van der Waals surface area contributed by atoms with E-state index in [2.05, 4.69) is 39.5 Å². The Labute approximate surface area is 148 Å². The number of aromatic nitrogens is 1. The van der Waals surface area contributed by atoms with Gasteiger partial charge in [0, 0.05) is 31.5 Å². The molecule has 4 rings (SSSR count). The van der Waals surface area contributed by atoms with E-state index in [0.717, 1.165) is 38.4 Å². The highest BCUT2D eigenvalue weighted by Gasteiger charge is 2.38. The third-order valence-electron chi connectivity index (χ3n) is 5.03. The molecule has 2 atom stereocenters. The number of nitrogens with zero attached hydrogens (tertiary/aromatic N) is 2. The first-order valence-corrected chi connectivity index (χ1v) is 8.93. The van der Waals surface area contributed by atoms with E-state index in [1.165, 1.54) is 5.56 Å². The van der Waals surface area contributed by atoms with Crippen molar-refractivity contribution in [2.45, 2.75) is 12.3 Å². The van der Waals surface area contributed by atoms with E-state index in [0.29, 0.717) is 24.1 Å². The van der Waals surface area contributed by atoms with Gasteiger partial charge >= 0.3 is 0 Å². The Hall–Kier alpha value is -2.40. The Bertz CT molecular complexity index is 729. The number of rotatable bonds is 5. The maximum atomic E-state index is 12.4. The van der Waals surface area contributed by atoms with Crippen LogP contribution in [0.5, 0.6) is 0 Å². The fraction of sp³-hybridized carbons (Fsp3) is 0.400. The number of ether oxygens (including phenoxy) is 1. The van der Waals surface area contributed by atoms with Crippen LogP contribution in [0.1, 0.15) is 28.4 Å². The average Bonchev–Trinajstić information content (AvgIpc) is 3.47. The Kier molecular flexibility index (Phi) is 4.65. The van der Waals surface area contributed by atoms with Crippen LogP contribution in [0.15, 0.2) is 48.7 Å². The monoisotopic (exact) mass is 337 g/mol. The maximum Gasteiger partial charge on any atom is 0.269 e. The molecule has 5 heteroatoms. The molecular formula is C20H23N3O2. The number of amides is 1. The molecule has 2 heterocycles. The number of anilines is 1. The fourth-order valence-electron chi connectivity index (χ4n) is 3.46. The average molecular weight is 337 g/mol. The Morgan fingerprint density at radius 3 is 2.80 bits per heavy atom. The first-order valence-electron chi connectivity index (χ1n) is 8.93. The first-order chi connectivity index (χ1) is 12.3. The van der Waals surface area contributed by atoms with Crippen molar-refractivity contribution in [3.05, 3.63) is 59.9 Å². The quantitative estimate of drug-likeness (QED) is 0.911. The van der Waals surface area contributed by atoms with Crippen LogP contribution in [0.4, 0.5) is 5.69 Å². The van der Waals surface area contributed by atoms with E-state index in [4.69, 9.17) is 4.74 Å². The number of morpholine rings is 1. The molecule has 25 heavy (non-hydrogen) atoms. The third kappa shape index (κ3) is 3.82. The zero-order valence-corrected chi connectivity index (χ0v) is 14.2. The number of benzene rings is 1. The second-order valence-corrected chi connectivity index (χ2v) is 6.72. The predicted molar refractivity (Wildman–Crippen MR) is 96.9 cm³/mol. The van der Waals surface area contributed by atoms with Crippen LogP contribution in [0.2, 0.25) is 0 Å². The molecular weight excluding hydrogens is 314 g/mol. The summed E-state index contributed by atoms with van der Waals surface area (Å²) in [4.78, 5) is 18.9. The van der Waals surface area contributed by atoms with Gasteiger partial charge in [0.1, 0.15) is 5.69 Å². The van der Waals surface area contributed by atoms with E-state index < -0.39 is 0 Å².